The quantitative estimate of drug-likeness (QED) is 0.193. The summed E-state index contributed by atoms with van der Waals surface area (Å²) in [5, 5.41) is 22.2. The summed E-state index contributed by atoms with van der Waals surface area (Å²) in [6.45, 7) is 3.38. The van der Waals surface area contributed by atoms with Gasteiger partial charge in [0.25, 0.3) is 5.91 Å². The summed E-state index contributed by atoms with van der Waals surface area (Å²) in [7, 11) is 1.51. The Bertz CT molecular complexity index is 1790. The van der Waals surface area contributed by atoms with Crippen molar-refractivity contribution in [3.8, 4) is 5.75 Å². The number of carbonyl (C=O) groups is 4. The van der Waals surface area contributed by atoms with E-state index in [1.165, 1.54) is 23.8 Å². The van der Waals surface area contributed by atoms with E-state index in [-0.39, 0.29) is 43.8 Å². The van der Waals surface area contributed by atoms with E-state index >= 15 is 0 Å². The third-order valence-corrected chi connectivity index (χ3v) is 9.48. The summed E-state index contributed by atoms with van der Waals surface area (Å²) >= 11 is 0. The average molecular weight is 654 g/mol. The Morgan fingerprint density at radius 2 is 1.81 bits per heavy atom. The molecule has 0 aromatic heterocycles. The van der Waals surface area contributed by atoms with Crippen molar-refractivity contribution in [2.45, 2.75) is 64.1 Å². The van der Waals surface area contributed by atoms with E-state index in [9.17, 15) is 29.4 Å². The SMILES string of the molecule is COc1ccc2c(c1)[C@@](O)([C@H](C)/C=C/CC(=O)N1Cc3ccccc3C[C@H]1CO)C(=O)N2Cc1cccc(N2C(=O)CC2OC(C)=O)c1. The maximum absolute atomic E-state index is 14.2. The summed E-state index contributed by atoms with van der Waals surface area (Å²) in [6, 6.07) is 19.7. The number of aliphatic hydroxyl groups is 2. The number of methoxy groups -OCH3 is 1. The van der Waals surface area contributed by atoms with Crippen LogP contribution in [0.5, 0.6) is 5.75 Å². The predicted octanol–water partition coefficient (Wildman–Crippen LogP) is 3.58. The number of hydrogen-bond acceptors (Lipinski definition) is 8. The fourth-order valence-electron chi connectivity index (χ4n) is 6.85. The second kappa shape index (κ2) is 13.2. The van der Waals surface area contributed by atoms with Crippen LogP contribution in [0.1, 0.15) is 48.9 Å². The molecule has 3 aliphatic heterocycles. The Kier molecular flexibility index (Phi) is 9.09. The lowest BCUT2D eigenvalue weighted by atomic mass is 9.82. The molecule has 1 fully saturated rings. The number of rotatable bonds is 10. The number of β-lactam (4-membered cyclic amide) rings is 1. The lowest BCUT2D eigenvalue weighted by Gasteiger charge is -2.39. The number of amides is 3. The minimum Gasteiger partial charge on any atom is -0.497 e. The molecule has 1 saturated heterocycles. The van der Waals surface area contributed by atoms with Crippen molar-refractivity contribution < 1.29 is 38.9 Å². The van der Waals surface area contributed by atoms with Gasteiger partial charge in [-0.3, -0.25) is 24.1 Å². The van der Waals surface area contributed by atoms with E-state index in [0.717, 1.165) is 11.1 Å². The molecule has 48 heavy (non-hydrogen) atoms. The Hall–Kier alpha value is -5.00. The van der Waals surface area contributed by atoms with Crippen LogP contribution >= 0.6 is 0 Å². The van der Waals surface area contributed by atoms with Crippen molar-refractivity contribution in [1.29, 1.82) is 0 Å². The Labute approximate surface area is 279 Å². The highest BCUT2D eigenvalue weighted by Gasteiger charge is 2.53. The van der Waals surface area contributed by atoms with Crippen LogP contribution < -0.4 is 14.5 Å². The molecule has 3 aliphatic rings. The number of fused-ring (bicyclic) bond motifs is 2. The zero-order valence-electron chi connectivity index (χ0n) is 27.2. The van der Waals surface area contributed by atoms with Gasteiger partial charge < -0.3 is 29.5 Å². The first-order chi connectivity index (χ1) is 23.0. The first-order valence-corrected chi connectivity index (χ1v) is 16.0. The highest BCUT2D eigenvalue weighted by atomic mass is 16.6. The second-order valence-electron chi connectivity index (χ2n) is 12.5. The van der Waals surface area contributed by atoms with Crippen LogP contribution in [0.25, 0.3) is 0 Å². The molecule has 3 aromatic carbocycles. The van der Waals surface area contributed by atoms with Gasteiger partial charge in [-0.2, -0.15) is 0 Å². The molecule has 11 nitrogen and oxygen atoms in total. The summed E-state index contributed by atoms with van der Waals surface area (Å²) in [5.74, 6) is -1.61. The molecule has 0 radical (unpaired) electrons. The standard InChI is InChI=1S/C37H39N3O8/c1-23(8-6-13-33(43)38-21-27-11-5-4-10-26(27)17-29(38)22-41)37(46)31-18-30(47-3)14-15-32(31)39(36(37)45)20-25-9-7-12-28(16-25)40-34(44)19-35(40)48-24(2)42/h4-12,14-16,18,23,29,35,41,46H,13,17,19-22H2,1-3H3/b8-6+/t23-,29+,35?,37+/m1/s1. The van der Waals surface area contributed by atoms with Gasteiger partial charge in [-0.25, -0.2) is 0 Å². The molecule has 1 unspecified atom stereocenters. The fraction of sp³-hybridized carbons (Fsp3) is 0.351. The topological polar surface area (TPSA) is 137 Å². The van der Waals surface area contributed by atoms with E-state index in [1.807, 2.05) is 30.3 Å². The Morgan fingerprint density at radius 3 is 2.52 bits per heavy atom. The number of esters is 1. The third kappa shape index (κ3) is 5.95. The molecule has 250 valence electrons. The third-order valence-electron chi connectivity index (χ3n) is 9.48. The Morgan fingerprint density at radius 1 is 1.04 bits per heavy atom. The van der Waals surface area contributed by atoms with E-state index < -0.39 is 29.6 Å². The number of benzene rings is 3. The zero-order chi connectivity index (χ0) is 34.2. The minimum absolute atomic E-state index is 0.0400. The van der Waals surface area contributed by atoms with Crippen LogP contribution in [-0.2, 0) is 49.0 Å². The first-order valence-electron chi connectivity index (χ1n) is 16.0. The highest BCUT2D eigenvalue weighted by molar-refractivity contribution is 6.07. The molecule has 4 atom stereocenters. The van der Waals surface area contributed by atoms with Gasteiger partial charge in [0.2, 0.25) is 11.8 Å². The molecule has 0 saturated carbocycles. The summed E-state index contributed by atoms with van der Waals surface area (Å²) < 4.78 is 10.7. The molecule has 3 aromatic rings. The molecular weight excluding hydrogens is 614 g/mol. The average Bonchev–Trinajstić information content (AvgIpc) is 3.29. The number of nitrogens with zero attached hydrogens (tertiary/aromatic N) is 3. The lowest BCUT2D eigenvalue weighted by Crippen LogP contribution is -2.54. The number of anilines is 2. The van der Waals surface area contributed by atoms with Gasteiger partial charge in [0.1, 0.15) is 5.75 Å². The number of ether oxygens (including phenoxy) is 2. The molecule has 0 bridgehead atoms. The maximum atomic E-state index is 14.2. The van der Waals surface area contributed by atoms with Gasteiger partial charge >= 0.3 is 5.97 Å². The van der Waals surface area contributed by atoms with Crippen LogP contribution in [0.3, 0.4) is 0 Å². The normalized spacial score (nSPS) is 22.3. The summed E-state index contributed by atoms with van der Waals surface area (Å²) in [4.78, 5) is 56.0. The lowest BCUT2D eigenvalue weighted by molar-refractivity contribution is -0.154. The zero-order valence-corrected chi connectivity index (χ0v) is 27.2. The van der Waals surface area contributed by atoms with Crippen molar-refractivity contribution in [1.82, 2.24) is 4.90 Å². The van der Waals surface area contributed by atoms with Crippen molar-refractivity contribution in [3.05, 3.63) is 101 Å². The maximum Gasteiger partial charge on any atom is 0.304 e. The van der Waals surface area contributed by atoms with E-state index in [0.29, 0.717) is 41.2 Å². The molecular formula is C37H39N3O8. The summed E-state index contributed by atoms with van der Waals surface area (Å²) in [5.41, 5.74) is 2.35. The van der Waals surface area contributed by atoms with Gasteiger partial charge in [0.05, 0.1) is 38.4 Å². The number of carbonyl (C=O) groups excluding carboxylic acids is 4. The van der Waals surface area contributed by atoms with Crippen LogP contribution in [0.4, 0.5) is 11.4 Å². The van der Waals surface area contributed by atoms with Gasteiger partial charge in [-0.15, -0.1) is 0 Å². The minimum atomic E-state index is -1.95. The van der Waals surface area contributed by atoms with E-state index in [1.54, 1.807) is 60.4 Å². The van der Waals surface area contributed by atoms with Crippen molar-refractivity contribution in [2.24, 2.45) is 5.92 Å². The van der Waals surface area contributed by atoms with Gasteiger partial charge in [0.15, 0.2) is 11.8 Å². The highest BCUT2D eigenvalue weighted by Crippen LogP contribution is 2.47. The summed E-state index contributed by atoms with van der Waals surface area (Å²) in [6.07, 6.45) is 3.38. The molecule has 0 aliphatic carbocycles. The molecule has 11 heteroatoms. The Balaban J connectivity index is 1.21. The van der Waals surface area contributed by atoms with Crippen molar-refractivity contribution in [2.75, 3.05) is 23.5 Å². The smallest absolute Gasteiger partial charge is 0.304 e. The second-order valence-corrected chi connectivity index (χ2v) is 12.5. The number of aliphatic hydroxyl groups excluding tert-OH is 1. The van der Waals surface area contributed by atoms with Crippen LogP contribution in [0, 0.1) is 5.92 Å². The molecule has 3 heterocycles. The number of hydrogen-bond donors (Lipinski definition) is 2. The van der Waals surface area contributed by atoms with Gasteiger partial charge in [-0.1, -0.05) is 55.5 Å². The molecule has 6 rings (SSSR count). The monoisotopic (exact) mass is 653 g/mol. The van der Waals surface area contributed by atoms with E-state index in [4.69, 9.17) is 9.47 Å². The molecule has 0 spiro atoms. The van der Waals surface area contributed by atoms with Crippen LogP contribution in [-0.4, -0.2) is 64.8 Å². The van der Waals surface area contributed by atoms with Crippen LogP contribution in [0.15, 0.2) is 78.9 Å². The van der Waals surface area contributed by atoms with Gasteiger partial charge in [0, 0.05) is 37.1 Å². The first kappa shape index (κ1) is 32.9. The van der Waals surface area contributed by atoms with Crippen molar-refractivity contribution >= 4 is 35.1 Å². The van der Waals surface area contributed by atoms with E-state index in [2.05, 4.69) is 0 Å². The predicted molar refractivity (Wildman–Crippen MR) is 177 cm³/mol. The molecule has 3 amide bonds. The fourth-order valence-corrected chi connectivity index (χ4v) is 6.85. The van der Waals surface area contributed by atoms with Crippen molar-refractivity contribution in [3.63, 3.8) is 0 Å². The molecule has 2 N–H and O–H groups in total. The largest absolute Gasteiger partial charge is 0.497 e. The van der Waals surface area contributed by atoms with Gasteiger partial charge in [-0.05, 0) is 53.4 Å². The van der Waals surface area contributed by atoms with Crippen LogP contribution in [0.2, 0.25) is 0 Å².